The molecule has 1 aromatic heterocycles. The summed E-state index contributed by atoms with van der Waals surface area (Å²) in [6, 6.07) is 9.51. The molecule has 3 amide bonds. The molecule has 3 rings (SSSR count). The SMILES string of the molecule is Cc1cccc(CN2C(=O)N/C(=C/c3cc(C)n(C(C)(C)C)c3C)C2=O)c1. The Morgan fingerprint density at radius 1 is 1.07 bits per heavy atom. The van der Waals surface area contributed by atoms with E-state index in [0.717, 1.165) is 28.1 Å². The van der Waals surface area contributed by atoms with E-state index in [1.807, 2.05) is 38.1 Å². The molecular formula is C22H27N3O2. The lowest BCUT2D eigenvalue weighted by molar-refractivity contribution is -0.123. The second-order valence-corrected chi connectivity index (χ2v) is 8.20. The predicted molar refractivity (Wildman–Crippen MR) is 107 cm³/mol. The molecule has 27 heavy (non-hydrogen) atoms. The maximum Gasteiger partial charge on any atom is 0.329 e. The molecule has 142 valence electrons. The molecule has 1 aliphatic heterocycles. The maximum atomic E-state index is 12.8. The number of carbonyl (C=O) groups is 2. The predicted octanol–water partition coefficient (Wildman–Crippen LogP) is 4.26. The molecule has 1 fully saturated rings. The number of nitrogens with one attached hydrogen (secondary N) is 1. The van der Waals surface area contributed by atoms with Gasteiger partial charge in [0.2, 0.25) is 0 Å². The Morgan fingerprint density at radius 3 is 2.37 bits per heavy atom. The normalized spacial score (nSPS) is 16.4. The number of amides is 3. The summed E-state index contributed by atoms with van der Waals surface area (Å²) in [6.07, 6.45) is 1.78. The van der Waals surface area contributed by atoms with Gasteiger partial charge in [-0.3, -0.25) is 9.69 Å². The Hall–Kier alpha value is -2.82. The standard InChI is InChI=1S/C22H27N3O2/c1-14-8-7-9-17(10-14)13-24-20(26)19(23-21(24)27)12-18-11-15(2)25(16(18)3)22(4,5)6/h7-12H,13H2,1-6H3,(H,23,27)/b19-12+. The summed E-state index contributed by atoms with van der Waals surface area (Å²) in [7, 11) is 0. The third-order valence-corrected chi connectivity index (χ3v) is 4.83. The molecule has 1 aromatic carbocycles. The minimum Gasteiger partial charge on any atom is -0.343 e. The highest BCUT2D eigenvalue weighted by atomic mass is 16.2. The second-order valence-electron chi connectivity index (χ2n) is 8.20. The third kappa shape index (κ3) is 3.68. The van der Waals surface area contributed by atoms with Crippen LogP contribution in [0, 0.1) is 20.8 Å². The molecule has 0 atom stereocenters. The number of carbonyl (C=O) groups excluding carboxylic acids is 2. The first-order valence-electron chi connectivity index (χ1n) is 9.17. The molecular weight excluding hydrogens is 338 g/mol. The number of aryl methyl sites for hydroxylation is 2. The van der Waals surface area contributed by atoms with Crippen LogP contribution in [0.15, 0.2) is 36.0 Å². The van der Waals surface area contributed by atoms with E-state index in [1.54, 1.807) is 6.08 Å². The molecule has 0 aliphatic carbocycles. The molecule has 1 N–H and O–H groups in total. The molecule has 0 spiro atoms. The highest BCUT2D eigenvalue weighted by Crippen LogP contribution is 2.26. The van der Waals surface area contributed by atoms with Crippen molar-refractivity contribution in [2.75, 3.05) is 0 Å². The van der Waals surface area contributed by atoms with E-state index < -0.39 is 0 Å². The van der Waals surface area contributed by atoms with E-state index in [-0.39, 0.29) is 24.0 Å². The lowest BCUT2D eigenvalue weighted by atomic mass is 10.1. The third-order valence-electron chi connectivity index (χ3n) is 4.83. The van der Waals surface area contributed by atoms with Crippen LogP contribution in [-0.2, 0) is 16.9 Å². The average molecular weight is 365 g/mol. The molecule has 5 nitrogen and oxygen atoms in total. The van der Waals surface area contributed by atoms with Crippen LogP contribution in [0.2, 0.25) is 0 Å². The van der Waals surface area contributed by atoms with Gasteiger partial charge in [-0.1, -0.05) is 29.8 Å². The Bertz CT molecular complexity index is 945. The first-order valence-corrected chi connectivity index (χ1v) is 9.17. The fourth-order valence-electron chi connectivity index (χ4n) is 3.83. The minimum atomic E-state index is -0.377. The van der Waals surface area contributed by atoms with Gasteiger partial charge in [-0.2, -0.15) is 0 Å². The zero-order chi connectivity index (χ0) is 19.9. The monoisotopic (exact) mass is 365 g/mol. The van der Waals surface area contributed by atoms with Gasteiger partial charge in [0.1, 0.15) is 5.70 Å². The molecule has 5 heteroatoms. The van der Waals surface area contributed by atoms with Crippen molar-refractivity contribution >= 4 is 18.0 Å². The summed E-state index contributed by atoms with van der Waals surface area (Å²) in [5.74, 6) is -0.290. The average Bonchev–Trinajstić information content (AvgIpc) is 2.97. The molecule has 1 aliphatic rings. The van der Waals surface area contributed by atoms with E-state index >= 15 is 0 Å². The molecule has 0 bridgehead atoms. The first kappa shape index (κ1) is 19.0. The maximum absolute atomic E-state index is 12.8. The van der Waals surface area contributed by atoms with Crippen molar-refractivity contribution in [1.82, 2.24) is 14.8 Å². The van der Waals surface area contributed by atoms with Gasteiger partial charge in [0.25, 0.3) is 5.91 Å². The van der Waals surface area contributed by atoms with Crippen LogP contribution in [0.4, 0.5) is 4.79 Å². The Balaban J connectivity index is 1.89. The van der Waals surface area contributed by atoms with Crippen molar-refractivity contribution < 1.29 is 9.59 Å². The Kier molecular flexibility index (Phi) is 4.72. The van der Waals surface area contributed by atoms with E-state index in [4.69, 9.17) is 0 Å². The van der Waals surface area contributed by atoms with Crippen LogP contribution in [0.25, 0.3) is 6.08 Å². The fourth-order valence-corrected chi connectivity index (χ4v) is 3.83. The lowest BCUT2D eigenvalue weighted by Crippen LogP contribution is -2.30. The molecule has 0 unspecified atom stereocenters. The van der Waals surface area contributed by atoms with E-state index in [1.165, 1.54) is 4.90 Å². The first-order chi connectivity index (χ1) is 12.6. The van der Waals surface area contributed by atoms with Crippen molar-refractivity contribution in [2.45, 2.75) is 53.6 Å². The number of rotatable bonds is 3. The van der Waals surface area contributed by atoms with E-state index in [2.05, 4.69) is 43.6 Å². The largest absolute Gasteiger partial charge is 0.343 e. The number of urea groups is 1. The topological polar surface area (TPSA) is 54.3 Å². The molecule has 2 heterocycles. The van der Waals surface area contributed by atoms with Crippen molar-refractivity contribution in [3.05, 3.63) is 64.1 Å². The molecule has 1 saturated heterocycles. The summed E-state index contributed by atoms with van der Waals surface area (Å²) in [6.45, 7) is 12.8. The van der Waals surface area contributed by atoms with Gasteiger partial charge in [0, 0.05) is 16.9 Å². The molecule has 0 radical (unpaired) electrons. The summed E-state index contributed by atoms with van der Waals surface area (Å²) in [5, 5.41) is 2.72. The van der Waals surface area contributed by atoms with Gasteiger partial charge in [-0.15, -0.1) is 0 Å². The second kappa shape index (κ2) is 6.72. The van der Waals surface area contributed by atoms with Crippen molar-refractivity contribution in [2.24, 2.45) is 0 Å². The summed E-state index contributed by atoms with van der Waals surface area (Å²) in [4.78, 5) is 26.4. The number of benzene rings is 1. The number of nitrogens with zero attached hydrogens (tertiary/aromatic N) is 2. The number of hydrogen-bond donors (Lipinski definition) is 1. The zero-order valence-corrected chi connectivity index (χ0v) is 16.9. The fraction of sp³-hybridized carbons (Fsp3) is 0.364. The van der Waals surface area contributed by atoms with E-state index in [0.29, 0.717) is 5.70 Å². The molecule has 2 aromatic rings. The van der Waals surface area contributed by atoms with Gasteiger partial charge in [-0.25, -0.2) is 4.79 Å². The van der Waals surface area contributed by atoms with Gasteiger partial charge in [0.15, 0.2) is 0 Å². The van der Waals surface area contributed by atoms with Gasteiger partial charge in [0.05, 0.1) is 6.54 Å². The summed E-state index contributed by atoms with van der Waals surface area (Å²) >= 11 is 0. The Morgan fingerprint density at radius 2 is 1.78 bits per heavy atom. The Labute approximate surface area is 160 Å². The summed E-state index contributed by atoms with van der Waals surface area (Å²) in [5.41, 5.74) is 5.46. The summed E-state index contributed by atoms with van der Waals surface area (Å²) < 4.78 is 2.24. The number of imide groups is 1. The van der Waals surface area contributed by atoms with E-state index in [9.17, 15) is 9.59 Å². The van der Waals surface area contributed by atoms with Crippen LogP contribution in [0.1, 0.15) is 48.8 Å². The van der Waals surface area contributed by atoms with Crippen LogP contribution in [-0.4, -0.2) is 21.4 Å². The zero-order valence-electron chi connectivity index (χ0n) is 16.9. The molecule has 0 saturated carbocycles. The van der Waals surface area contributed by atoms with Crippen LogP contribution < -0.4 is 5.32 Å². The smallest absolute Gasteiger partial charge is 0.329 e. The highest BCUT2D eigenvalue weighted by molar-refractivity contribution is 6.13. The minimum absolute atomic E-state index is 0.0505. The highest BCUT2D eigenvalue weighted by Gasteiger charge is 2.34. The van der Waals surface area contributed by atoms with Crippen molar-refractivity contribution in [3.63, 3.8) is 0 Å². The van der Waals surface area contributed by atoms with Gasteiger partial charge < -0.3 is 9.88 Å². The quantitative estimate of drug-likeness (QED) is 0.653. The number of aromatic nitrogens is 1. The van der Waals surface area contributed by atoms with Crippen molar-refractivity contribution in [1.29, 1.82) is 0 Å². The number of hydrogen-bond acceptors (Lipinski definition) is 2. The van der Waals surface area contributed by atoms with Crippen molar-refractivity contribution in [3.8, 4) is 0 Å². The van der Waals surface area contributed by atoms with Gasteiger partial charge >= 0.3 is 6.03 Å². The van der Waals surface area contributed by atoms with Crippen LogP contribution >= 0.6 is 0 Å². The lowest BCUT2D eigenvalue weighted by Gasteiger charge is -2.25. The van der Waals surface area contributed by atoms with Gasteiger partial charge in [-0.05, 0) is 64.8 Å². The van der Waals surface area contributed by atoms with Crippen LogP contribution in [0.5, 0.6) is 0 Å². The van der Waals surface area contributed by atoms with Crippen LogP contribution in [0.3, 0.4) is 0 Å².